The molecule has 0 spiro atoms. The van der Waals surface area contributed by atoms with Crippen LogP contribution >= 0.6 is 0 Å². The van der Waals surface area contributed by atoms with Crippen LogP contribution < -0.4 is 0 Å². The first-order valence-electron chi connectivity index (χ1n) is 8.61. The standard InChI is InChI=1S/C17H26N2O2/c1-2-12-7-9-14(10-8-12)17-18-16(21-19-17)11-15(20)13-5-3-4-6-13/h12-14H,2-11H2,1H3. The summed E-state index contributed by atoms with van der Waals surface area (Å²) in [5.74, 6) is 3.19. The van der Waals surface area contributed by atoms with Crippen molar-refractivity contribution in [2.24, 2.45) is 11.8 Å². The lowest BCUT2D eigenvalue weighted by Gasteiger charge is -2.25. The van der Waals surface area contributed by atoms with Crippen molar-refractivity contribution in [2.45, 2.75) is 77.0 Å². The second kappa shape index (κ2) is 6.71. The van der Waals surface area contributed by atoms with Crippen molar-refractivity contribution in [3.05, 3.63) is 11.7 Å². The Morgan fingerprint density at radius 3 is 2.52 bits per heavy atom. The largest absolute Gasteiger partial charge is 0.339 e. The van der Waals surface area contributed by atoms with Gasteiger partial charge in [-0.05, 0) is 44.4 Å². The van der Waals surface area contributed by atoms with Gasteiger partial charge in [-0.25, -0.2) is 0 Å². The quantitative estimate of drug-likeness (QED) is 0.820. The summed E-state index contributed by atoms with van der Waals surface area (Å²) in [6.07, 6.45) is 10.9. The van der Waals surface area contributed by atoms with E-state index in [-0.39, 0.29) is 11.7 Å². The maximum absolute atomic E-state index is 12.2. The molecule has 0 bridgehead atoms. The van der Waals surface area contributed by atoms with Gasteiger partial charge >= 0.3 is 0 Å². The number of ketones is 1. The third-order valence-electron chi connectivity index (χ3n) is 5.41. The van der Waals surface area contributed by atoms with Crippen molar-refractivity contribution in [1.82, 2.24) is 10.1 Å². The minimum absolute atomic E-state index is 0.236. The average molecular weight is 290 g/mol. The van der Waals surface area contributed by atoms with Crippen LogP contribution in [0.3, 0.4) is 0 Å². The second-order valence-electron chi connectivity index (χ2n) is 6.80. The molecule has 0 amide bonds. The van der Waals surface area contributed by atoms with E-state index in [1.54, 1.807) is 0 Å². The molecule has 21 heavy (non-hydrogen) atoms. The van der Waals surface area contributed by atoms with Crippen molar-refractivity contribution in [3.63, 3.8) is 0 Å². The Labute approximate surface area is 126 Å². The van der Waals surface area contributed by atoms with Crippen LogP contribution in [0, 0.1) is 11.8 Å². The summed E-state index contributed by atoms with van der Waals surface area (Å²) in [6, 6.07) is 0. The lowest BCUT2D eigenvalue weighted by molar-refractivity contribution is -0.122. The molecule has 2 saturated carbocycles. The van der Waals surface area contributed by atoms with Gasteiger partial charge in [-0.3, -0.25) is 4.79 Å². The number of aromatic nitrogens is 2. The molecule has 0 N–H and O–H groups in total. The van der Waals surface area contributed by atoms with E-state index in [2.05, 4.69) is 17.1 Å². The first-order chi connectivity index (χ1) is 10.3. The molecule has 2 fully saturated rings. The normalized spacial score (nSPS) is 27.1. The molecule has 0 aromatic carbocycles. The highest BCUT2D eigenvalue weighted by molar-refractivity contribution is 5.82. The lowest BCUT2D eigenvalue weighted by Crippen LogP contribution is -2.15. The maximum Gasteiger partial charge on any atom is 0.234 e. The molecular formula is C17H26N2O2. The van der Waals surface area contributed by atoms with Crippen LogP contribution in [0.1, 0.15) is 82.3 Å². The highest BCUT2D eigenvalue weighted by Crippen LogP contribution is 2.35. The first kappa shape index (κ1) is 14.7. The first-order valence-corrected chi connectivity index (χ1v) is 8.61. The SMILES string of the molecule is CCC1CCC(c2noc(CC(=O)C3CCCC3)n2)CC1. The monoisotopic (exact) mass is 290 g/mol. The van der Waals surface area contributed by atoms with E-state index in [9.17, 15) is 4.79 Å². The van der Waals surface area contributed by atoms with E-state index in [0.717, 1.165) is 37.4 Å². The summed E-state index contributed by atoms with van der Waals surface area (Å²) in [4.78, 5) is 16.7. The molecule has 0 unspecified atom stereocenters. The number of carbonyl (C=O) groups is 1. The van der Waals surface area contributed by atoms with Gasteiger partial charge in [-0.2, -0.15) is 4.98 Å². The fourth-order valence-corrected chi connectivity index (χ4v) is 3.88. The van der Waals surface area contributed by atoms with Crippen molar-refractivity contribution >= 4 is 5.78 Å². The average Bonchev–Trinajstić information content (AvgIpc) is 3.19. The molecule has 1 heterocycles. The molecule has 0 aliphatic heterocycles. The molecular weight excluding hydrogens is 264 g/mol. The van der Waals surface area contributed by atoms with Gasteiger partial charge < -0.3 is 4.52 Å². The van der Waals surface area contributed by atoms with E-state index in [0.29, 0.717) is 18.2 Å². The molecule has 1 aromatic rings. The summed E-state index contributed by atoms with van der Waals surface area (Å²) in [7, 11) is 0. The van der Waals surface area contributed by atoms with Crippen LogP contribution in [0.4, 0.5) is 0 Å². The van der Waals surface area contributed by atoms with Crippen molar-refractivity contribution < 1.29 is 9.32 Å². The fourth-order valence-electron chi connectivity index (χ4n) is 3.88. The van der Waals surface area contributed by atoms with Crippen LogP contribution in [0.25, 0.3) is 0 Å². The Morgan fingerprint density at radius 2 is 1.86 bits per heavy atom. The maximum atomic E-state index is 12.2. The van der Waals surface area contributed by atoms with E-state index in [1.165, 1.54) is 32.1 Å². The zero-order valence-corrected chi connectivity index (χ0v) is 13.0. The summed E-state index contributed by atoms with van der Waals surface area (Å²) in [5.41, 5.74) is 0. The van der Waals surface area contributed by atoms with Gasteiger partial charge in [0.25, 0.3) is 0 Å². The minimum Gasteiger partial charge on any atom is -0.339 e. The predicted octanol–water partition coefficient (Wildman–Crippen LogP) is 4.06. The predicted molar refractivity (Wildman–Crippen MR) is 80.0 cm³/mol. The Hall–Kier alpha value is -1.19. The number of hydrogen-bond donors (Lipinski definition) is 0. The summed E-state index contributed by atoms with van der Waals surface area (Å²) < 4.78 is 5.32. The molecule has 4 heteroatoms. The Kier molecular flexibility index (Phi) is 4.71. The van der Waals surface area contributed by atoms with Crippen LogP contribution in [0.5, 0.6) is 0 Å². The smallest absolute Gasteiger partial charge is 0.234 e. The number of rotatable bonds is 5. The van der Waals surface area contributed by atoms with Crippen LogP contribution in [0.2, 0.25) is 0 Å². The molecule has 3 rings (SSSR count). The van der Waals surface area contributed by atoms with Crippen molar-refractivity contribution in [1.29, 1.82) is 0 Å². The van der Waals surface area contributed by atoms with E-state index in [1.807, 2.05) is 0 Å². The van der Waals surface area contributed by atoms with E-state index >= 15 is 0 Å². The zero-order chi connectivity index (χ0) is 14.7. The van der Waals surface area contributed by atoms with Gasteiger partial charge in [0.1, 0.15) is 5.78 Å². The Balaban J connectivity index is 1.55. The third kappa shape index (κ3) is 3.53. The molecule has 1 aromatic heterocycles. The van der Waals surface area contributed by atoms with Gasteiger partial charge in [0.05, 0.1) is 6.42 Å². The molecule has 2 aliphatic carbocycles. The second-order valence-corrected chi connectivity index (χ2v) is 6.80. The Bertz CT molecular complexity index is 469. The van der Waals surface area contributed by atoms with Gasteiger partial charge in [0.2, 0.25) is 5.89 Å². The minimum atomic E-state index is 0.236. The Morgan fingerprint density at radius 1 is 1.14 bits per heavy atom. The number of Topliss-reactive ketones (excluding diaryl/α,β-unsaturated/α-hetero) is 1. The van der Waals surface area contributed by atoms with Gasteiger partial charge in [0, 0.05) is 11.8 Å². The van der Waals surface area contributed by atoms with Gasteiger partial charge in [-0.15, -0.1) is 0 Å². The highest BCUT2D eigenvalue weighted by Gasteiger charge is 2.27. The number of nitrogens with zero attached hydrogens (tertiary/aromatic N) is 2. The van der Waals surface area contributed by atoms with Crippen molar-refractivity contribution in [3.8, 4) is 0 Å². The molecule has 2 aliphatic rings. The van der Waals surface area contributed by atoms with Gasteiger partial charge in [0.15, 0.2) is 5.82 Å². The molecule has 4 nitrogen and oxygen atoms in total. The summed E-state index contributed by atoms with van der Waals surface area (Å²) in [5, 5.41) is 4.13. The number of hydrogen-bond acceptors (Lipinski definition) is 4. The highest BCUT2D eigenvalue weighted by atomic mass is 16.5. The lowest BCUT2D eigenvalue weighted by atomic mass is 9.80. The van der Waals surface area contributed by atoms with Crippen LogP contribution in [-0.2, 0) is 11.2 Å². The fraction of sp³-hybridized carbons (Fsp3) is 0.824. The van der Waals surface area contributed by atoms with Crippen molar-refractivity contribution in [2.75, 3.05) is 0 Å². The summed E-state index contributed by atoms with van der Waals surface area (Å²) in [6.45, 7) is 2.27. The molecule has 0 saturated heterocycles. The third-order valence-corrected chi connectivity index (χ3v) is 5.41. The molecule has 0 radical (unpaired) electrons. The van der Waals surface area contributed by atoms with E-state index < -0.39 is 0 Å². The summed E-state index contributed by atoms with van der Waals surface area (Å²) >= 11 is 0. The molecule has 116 valence electrons. The zero-order valence-electron chi connectivity index (χ0n) is 13.0. The topological polar surface area (TPSA) is 56.0 Å². The van der Waals surface area contributed by atoms with Crippen LogP contribution in [0.15, 0.2) is 4.52 Å². The van der Waals surface area contributed by atoms with E-state index in [4.69, 9.17) is 4.52 Å². The number of carbonyl (C=O) groups excluding carboxylic acids is 1. The van der Waals surface area contributed by atoms with Crippen LogP contribution in [-0.4, -0.2) is 15.9 Å². The van der Waals surface area contributed by atoms with Gasteiger partial charge in [-0.1, -0.05) is 31.3 Å². The molecule has 0 atom stereocenters.